The summed E-state index contributed by atoms with van der Waals surface area (Å²) in [6, 6.07) is 12.4. The minimum atomic E-state index is -4.02. The van der Waals surface area contributed by atoms with Gasteiger partial charge in [0.2, 0.25) is 0 Å². The van der Waals surface area contributed by atoms with Crippen LogP contribution in [0.4, 0.5) is 0 Å². The quantitative estimate of drug-likeness (QED) is 0.726. The smallest absolute Gasteiger partial charge is 0.294 e. The van der Waals surface area contributed by atoms with E-state index < -0.39 is 10.1 Å². The van der Waals surface area contributed by atoms with Gasteiger partial charge in [0.1, 0.15) is 5.75 Å². The second kappa shape index (κ2) is 9.64. The van der Waals surface area contributed by atoms with Crippen LogP contribution in [0.1, 0.15) is 30.0 Å². The summed E-state index contributed by atoms with van der Waals surface area (Å²) in [5.74, 6) is 1.02. The molecule has 1 saturated heterocycles. The van der Waals surface area contributed by atoms with Gasteiger partial charge in [-0.15, -0.1) is 0 Å². The summed E-state index contributed by atoms with van der Waals surface area (Å²) in [7, 11) is -2.25. The lowest BCUT2D eigenvalue weighted by Crippen LogP contribution is -2.43. The van der Waals surface area contributed by atoms with E-state index in [1.165, 1.54) is 34.5 Å². The molecule has 1 fully saturated rings. The van der Waals surface area contributed by atoms with Crippen LogP contribution >= 0.6 is 0 Å². The SMILES string of the molecule is COc1cccc2c1C(C)=C(N1CCNCC1)CC2.Cc1ccc(S(=O)(=O)O)cc1. The van der Waals surface area contributed by atoms with E-state index in [-0.39, 0.29) is 4.90 Å². The molecular formula is C23H30N2O4S. The zero-order chi connectivity index (χ0) is 21.7. The van der Waals surface area contributed by atoms with Crippen LogP contribution < -0.4 is 10.1 Å². The Bertz CT molecular complexity index is 1010. The van der Waals surface area contributed by atoms with Gasteiger partial charge in [-0.1, -0.05) is 29.8 Å². The molecule has 0 bridgehead atoms. The van der Waals surface area contributed by atoms with E-state index in [9.17, 15) is 8.42 Å². The fraction of sp³-hybridized carbons (Fsp3) is 0.391. The Balaban J connectivity index is 0.000000199. The molecule has 30 heavy (non-hydrogen) atoms. The van der Waals surface area contributed by atoms with Crippen molar-refractivity contribution in [2.24, 2.45) is 0 Å². The Labute approximate surface area is 179 Å². The monoisotopic (exact) mass is 430 g/mol. The van der Waals surface area contributed by atoms with Crippen molar-refractivity contribution >= 4 is 15.7 Å². The lowest BCUT2D eigenvalue weighted by Gasteiger charge is -2.35. The van der Waals surface area contributed by atoms with Crippen LogP contribution in [-0.2, 0) is 16.5 Å². The summed E-state index contributed by atoms with van der Waals surface area (Å²) in [5, 5.41) is 3.42. The Morgan fingerprint density at radius 1 is 1.00 bits per heavy atom. The number of hydrogen-bond donors (Lipinski definition) is 2. The molecule has 0 unspecified atom stereocenters. The zero-order valence-electron chi connectivity index (χ0n) is 17.8. The maximum atomic E-state index is 10.5. The standard InChI is InChI=1S/C16H22N2O.C7H8O3S/c1-12-14(18-10-8-17-9-11-18)7-6-13-4-3-5-15(19-2)16(12)13;1-6-2-4-7(5-3-6)11(8,9)10/h3-5,17H,6-11H2,1-2H3;2-5H,1H3,(H,8,9,10). The summed E-state index contributed by atoms with van der Waals surface area (Å²) >= 11 is 0. The van der Waals surface area contributed by atoms with E-state index in [1.54, 1.807) is 19.2 Å². The lowest BCUT2D eigenvalue weighted by atomic mass is 9.88. The molecule has 0 aromatic heterocycles. The number of ether oxygens (including phenoxy) is 1. The van der Waals surface area contributed by atoms with Crippen LogP contribution in [0, 0.1) is 6.92 Å². The second-order valence-electron chi connectivity index (χ2n) is 7.59. The van der Waals surface area contributed by atoms with Crippen molar-refractivity contribution in [3.05, 3.63) is 64.9 Å². The van der Waals surface area contributed by atoms with Gasteiger partial charge in [-0.3, -0.25) is 4.55 Å². The minimum Gasteiger partial charge on any atom is -0.496 e. The first-order valence-electron chi connectivity index (χ1n) is 10.2. The highest BCUT2D eigenvalue weighted by Gasteiger charge is 2.23. The molecule has 4 rings (SSSR count). The number of allylic oxidation sites excluding steroid dienone is 2. The molecule has 162 valence electrons. The summed E-state index contributed by atoms with van der Waals surface area (Å²) in [6.45, 7) is 8.52. The normalized spacial score (nSPS) is 16.5. The van der Waals surface area contributed by atoms with Gasteiger partial charge < -0.3 is 15.0 Å². The minimum absolute atomic E-state index is 0.0666. The van der Waals surface area contributed by atoms with Crippen LogP contribution in [0.25, 0.3) is 5.57 Å². The molecule has 1 heterocycles. The van der Waals surface area contributed by atoms with E-state index in [4.69, 9.17) is 9.29 Å². The van der Waals surface area contributed by atoms with Gasteiger partial charge in [-0.05, 0) is 56.0 Å². The number of benzene rings is 2. The molecule has 0 atom stereocenters. The predicted octanol–water partition coefficient (Wildman–Crippen LogP) is 3.52. The molecule has 0 spiro atoms. The van der Waals surface area contributed by atoms with Gasteiger partial charge in [-0.2, -0.15) is 8.42 Å². The molecule has 6 nitrogen and oxygen atoms in total. The van der Waals surface area contributed by atoms with Crippen molar-refractivity contribution in [2.75, 3.05) is 33.3 Å². The Morgan fingerprint density at radius 3 is 2.27 bits per heavy atom. The third-order valence-electron chi connectivity index (χ3n) is 5.59. The fourth-order valence-electron chi connectivity index (χ4n) is 4.01. The predicted molar refractivity (Wildman–Crippen MR) is 119 cm³/mol. The molecule has 2 aromatic carbocycles. The van der Waals surface area contributed by atoms with E-state index in [0.29, 0.717) is 0 Å². The first kappa shape index (κ1) is 22.3. The first-order chi connectivity index (χ1) is 14.3. The van der Waals surface area contributed by atoms with Gasteiger partial charge in [0.25, 0.3) is 10.1 Å². The number of fused-ring (bicyclic) bond motifs is 1. The number of nitrogens with one attached hydrogen (secondary N) is 1. The van der Waals surface area contributed by atoms with Crippen LogP contribution in [0.2, 0.25) is 0 Å². The topological polar surface area (TPSA) is 78.9 Å². The number of piperazine rings is 1. The average molecular weight is 431 g/mol. The van der Waals surface area contributed by atoms with Gasteiger partial charge in [0, 0.05) is 37.4 Å². The largest absolute Gasteiger partial charge is 0.496 e. The molecule has 0 radical (unpaired) electrons. The van der Waals surface area contributed by atoms with E-state index in [1.807, 2.05) is 6.92 Å². The van der Waals surface area contributed by atoms with Crippen molar-refractivity contribution in [3.63, 3.8) is 0 Å². The molecule has 0 amide bonds. The Kier molecular flexibility index (Phi) is 7.18. The molecular weight excluding hydrogens is 400 g/mol. The van der Waals surface area contributed by atoms with Crippen molar-refractivity contribution < 1.29 is 17.7 Å². The summed E-state index contributed by atoms with van der Waals surface area (Å²) < 4.78 is 35.1. The maximum Gasteiger partial charge on any atom is 0.294 e. The van der Waals surface area contributed by atoms with Gasteiger partial charge >= 0.3 is 0 Å². The molecule has 1 aliphatic carbocycles. The van der Waals surface area contributed by atoms with Gasteiger partial charge in [0.05, 0.1) is 12.0 Å². The van der Waals surface area contributed by atoms with Gasteiger partial charge in [-0.25, -0.2) is 0 Å². The number of methoxy groups -OCH3 is 1. The molecule has 2 aliphatic rings. The number of aryl methyl sites for hydroxylation is 2. The van der Waals surface area contributed by atoms with Crippen molar-refractivity contribution in [1.29, 1.82) is 0 Å². The molecule has 2 aromatic rings. The highest BCUT2D eigenvalue weighted by molar-refractivity contribution is 7.85. The zero-order valence-corrected chi connectivity index (χ0v) is 18.6. The second-order valence-corrected chi connectivity index (χ2v) is 9.01. The number of nitrogens with zero attached hydrogens (tertiary/aromatic N) is 1. The summed E-state index contributed by atoms with van der Waals surface area (Å²) in [5.41, 5.74) is 6.62. The molecule has 2 N–H and O–H groups in total. The third kappa shape index (κ3) is 5.22. The van der Waals surface area contributed by atoms with E-state index in [0.717, 1.165) is 50.3 Å². The van der Waals surface area contributed by atoms with Crippen LogP contribution in [0.15, 0.2) is 53.1 Å². The van der Waals surface area contributed by atoms with Crippen molar-refractivity contribution in [1.82, 2.24) is 10.2 Å². The van der Waals surface area contributed by atoms with Crippen LogP contribution in [0.3, 0.4) is 0 Å². The third-order valence-corrected chi connectivity index (χ3v) is 6.46. The molecule has 1 aliphatic heterocycles. The highest BCUT2D eigenvalue weighted by Crippen LogP contribution is 2.38. The number of rotatable bonds is 3. The van der Waals surface area contributed by atoms with Gasteiger partial charge in [0.15, 0.2) is 0 Å². The van der Waals surface area contributed by atoms with Crippen LogP contribution in [0.5, 0.6) is 5.75 Å². The van der Waals surface area contributed by atoms with Crippen molar-refractivity contribution in [3.8, 4) is 5.75 Å². The first-order valence-corrected chi connectivity index (χ1v) is 11.6. The van der Waals surface area contributed by atoms with Crippen LogP contribution in [-0.4, -0.2) is 51.2 Å². The highest BCUT2D eigenvalue weighted by atomic mass is 32.2. The fourth-order valence-corrected chi connectivity index (χ4v) is 4.49. The maximum absolute atomic E-state index is 10.5. The average Bonchev–Trinajstić information content (AvgIpc) is 2.74. The summed E-state index contributed by atoms with van der Waals surface area (Å²) in [4.78, 5) is 2.48. The molecule has 0 saturated carbocycles. The Hall–Kier alpha value is -2.35. The summed E-state index contributed by atoms with van der Waals surface area (Å²) in [6.07, 6.45) is 2.29. The van der Waals surface area contributed by atoms with E-state index in [2.05, 4.69) is 35.3 Å². The van der Waals surface area contributed by atoms with E-state index >= 15 is 0 Å². The lowest BCUT2D eigenvalue weighted by molar-refractivity contribution is 0.290. The molecule has 7 heteroatoms. The van der Waals surface area contributed by atoms with Crippen molar-refractivity contribution in [2.45, 2.75) is 31.6 Å². The Morgan fingerprint density at radius 2 is 1.67 bits per heavy atom. The number of hydrogen-bond acceptors (Lipinski definition) is 5.